The van der Waals surface area contributed by atoms with Crippen LogP contribution in [0.25, 0.3) is 22.1 Å². The summed E-state index contributed by atoms with van der Waals surface area (Å²) in [5, 5.41) is 0. The molecule has 18 heteroatoms. The van der Waals surface area contributed by atoms with Crippen molar-refractivity contribution in [3.63, 3.8) is 0 Å². The van der Waals surface area contributed by atoms with Crippen LogP contribution in [0, 0.1) is 11.6 Å². The number of aromatic amines is 2. The van der Waals surface area contributed by atoms with Crippen LogP contribution in [0.1, 0.15) is 43.5 Å². The highest BCUT2D eigenvalue weighted by molar-refractivity contribution is 5.94. The average Bonchev–Trinajstić information content (AvgIpc) is 3.97. The van der Waals surface area contributed by atoms with Crippen molar-refractivity contribution >= 4 is 45.6 Å². The number of H-pyrrole nitrogens is 2. The maximum absolute atomic E-state index is 14.7. The van der Waals surface area contributed by atoms with E-state index in [1.54, 1.807) is 49.1 Å². The summed E-state index contributed by atoms with van der Waals surface area (Å²) < 4.78 is 101. The molecule has 0 radical (unpaired) electrons. The smallest absolute Gasteiger partial charge is 0.415 e. The molecule has 0 spiro atoms. The first-order chi connectivity index (χ1) is 27.1. The summed E-state index contributed by atoms with van der Waals surface area (Å²) in [6, 6.07) is 17.3. The Morgan fingerprint density at radius 2 is 1.32 bits per heavy atom. The number of nitrogens with one attached hydrogen (secondary N) is 2. The van der Waals surface area contributed by atoms with Crippen molar-refractivity contribution in [2.75, 3.05) is 36.2 Å². The molecule has 6 aromatic rings. The molecule has 2 fully saturated rings. The van der Waals surface area contributed by atoms with Gasteiger partial charge in [-0.15, -0.1) is 0 Å². The monoisotopic (exact) mass is 796 g/mol. The Morgan fingerprint density at radius 1 is 0.719 bits per heavy atom. The fourth-order valence-corrected chi connectivity index (χ4v) is 6.30. The SMILES string of the molecule is CC(F)(F)CCOc1ccc([C@H]2COC(=O)N2c2ccc3nc[nH]c3c2)c(F)c1.CC(F)(F)COc1ccc([C@H]2COC(=O)N2c2ccc3nc[nH]c3c2)cc1F. The number of benzene rings is 4. The van der Waals surface area contributed by atoms with E-state index in [2.05, 4.69) is 19.9 Å². The molecule has 2 N–H and O–H groups in total. The lowest BCUT2D eigenvalue weighted by Gasteiger charge is -2.22. The fourth-order valence-electron chi connectivity index (χ4n) is 6.30. The lowest BCUT2D eigenvalue weighted by molar-refractivity contribution is -0.0239. The standard InChI is InChI=1S/C20H18F3N3O3.C19H16F3N3O3/c1-20(22,23)6-7-28-13-3-4-14(15(21)9-13)18-10-29-19(27)26(18)12-2-5-16-17(8-12)25-11-24-16;1-19(21,22)9-28-17-5-2-11(6-13(17)20)16-8-27-18(26)25(16)12-3-4-14-15(7-12)24-10-23-14/h2-5,8-9,11,18H,6-7,10H2,1H3,(H,24,25);2-7,10,16H,8-9H2,1H3,(H,23,24)/t18-;16-/m11/s1. The van der Waals surface area contributed by atoms with Crippen LogP contribution in [0.4, 0.5) is 47.3 Å². The lowest BCUT2D eigenvalue weighted by atomic mass is 10.0. The zero-order chi connectivity index (χ0) is 40.5. The maximum atomic E-state index is 14.7. The van der Waals surface area contributed by atoms with Crippen LogP contribution in [0.3, 0.4) is 0 Å². The Labute approximate surface area is 320 Å². The molecule has 2 aliphatic rings. The number of halogens is 6. The summed E-state index contributed by atoms with van der Waals surface area (Å²) in [5.74, 6) is -7.45. The van der Waals surface area contributed by atoms with Crippen LogP contribution in [-0.2, 0) is 9.47 Å². The number of aromatic nitrogens is 4. The topological polar surface area (TPSA) is 135 Å². The molecule has 0 saturated carbocycles. The predicted octanol–water partition coefficient (Wildman–Crippen LogP) is 9.26. The molecule has 2 aliphatic heterocycles. The van der Waals surface area contributed by atoms with Crippen LogP contribution in [0.15, 0.2) is 85.5 Å². The van der Waals surface area contributed by atoms with Crippen molar-refractivity contribution in [3.8, 4) is 11.5 Å². The molecule has 298 valence electrons. The summed E-state index contributed by atoms with van der Waals surface area (Å²) in [7, 11) is 0. The summed E-state index contributed by atoms with van der Waals surface area (Å²) in [4.78, 5) is 41.6. The van der Waals surface area contributed by atoms with Crippen molar-refractivity contribution in [1.82, 2.24) is 19.9 Å². The number of imidazole rings is 2. The van der Waals surface area contributed by atoms with Crippen LogP contribution >= 0.6 is 0 Å². The van der Waals surface area contributed by atoms with Gasteiger partial charge in [-0.05, 0) is 67.1 Å². The Morgan fingerprint density at radius 3 is 1.88 bits per heavy atom. The Bertz CT molecular complexity index is 2410. The van der Waals surface area contributed by atoms with E-state index in [1.807, 2.05) is 0 Å². The average molecular weight is 797 g/mol. The minimum Gasteiger partial charge on any atom is -0.493 e. The largest absolute Gasteiger partial charge is 0.493 e. The number of nitrogens with zero attached hydrogens (tertiary/aromatic N) is 4. The van der Waals surface area contributed by atoms with Crippen molar-refractivity contribution in [1.29, 1.82) is 0 Å². The van der Waals surface area contributed by atoms with Gasteiger partial charge < -0.3 is 28.9 Å². The van der Waals surface area contributed by atoms with Crippen molar-refractivity contribution in [3.05, 3.63) is 108 Å². The van der Waals surface area contributed by atoms with Gasteiger partial charge in [-0.25, -0.2) is 45.9 Å². The van der Waals surface area contributed by atoms with Crippen LogP contribution in [0.2, 0.25) is 0 Å². The van der Waals surface area contributed by atoms with Gasteiger partial charge >= 0.3 is 12.2 Å². The highest BCUT2D eigenvalue weighted by Gasteiger charge is 2.38. The number of carbonyl (C=O) groups is 2. The molecule has 12 nitrogen and oxygen atoms in total. The Balaban J connectivity index is 0.000000174. The van der Waals surface area contributed by atoms with E-state index in [0.29, 0.717) is 23.9 Å². The molecule has 0 aliphatic carbocycles. The molecule has 2 aromatic heterocycles. The van der Waals surface area contributed by atoms with Crippen LogP contribution in [-0.4, -0.2) is 70.4 Å². The highest BCUT2D eigenvalue weighted by Crippen LogP contribution is 2.38. The Hall–Kier alpha value is -6.46. The maximum Gasteiger partial charge on any atom is 0.415 e. The summed E-state index contributed by atoms with van der Waals surface area (Å²) in [6.45, 7) is 0.348. The number of ether oxygens (including phenoxy) is 4. The minimum atomic E-state index is -3.07. The molecule has 2 amide bonds. The van der Waals surface area contributed by atoms with Gasteiger partial charge in [-0.2, -0.15) is 0 Å². The first-order valence-corrected chi connectivity index (χ1v) is 17.5. The van der Waals surface area contributed by atoms with Gasteiger partial charge in [0.1, 0.15) is 30.8 Å². The normalized spacial score (nSPS) is 17.1. The quantitative estimate of drug-likeness (QED) is 0.124. The number of amides is 2. The van der Waals surface area contributed by atoms with E-state index in [4.69, 9.17) is 18.9 Å². The zero-order valence-electron chi connectivity index (χ0n) is 30.3. The van der Waals surface area contributed by atoms with Gasteiger partial charge in [0.25, 0.3) is 5.92 Å². The van der Waals surface area contributed by atoms with E-state index >= 15 is 0 Å². The third-order valence-electron chi connectivity index (χ3n) is 9.07. The van der Waals surface area contributed by atoms with Crippen LogP contribution < -0.4 is 19.3 Å². The molecule has 57 heavy (non-hydrogen) atoms. The van der Waals surface area contributed by atoms with Gasteiger partial charge in [0.15, 0.2) is 18.2 Å². The van der Waals surface area contributed by atoms with Gasteiger partial charge in [0, 0.05) is 25.0 Å². The van der Waals surface area contributed by atoms with Crippen molar-refractivity contribution in [2.45, 2.75) is 44.2 Å². The molecule has 8 rings (SSSR count). The molecule has 2 saturated heterocycles. The van der Waals surface area contributed by atoms with Crippen molar-refractivity contribution < 1.29 is 54.9 Å². The number of hydrogen-bond donors (Lipinski definition) is 2. The number of anilines is 2. The molecule has 0 bridgehead atoms. The highest BCUT2D eigenvalue weighted by atomic mass is 19.3. The summed E-state index contributed by atoms with van der Waals surface area (Å²) in [5.41, 5.74) is 4.77. The van der Waals surface area contributed by atoms with E-state index in [-0.39, 0.29) is 36.9 Å². The second-order valence-corrected chi connectivity index (χ2v) is 13.5. The van der Waals surface area contributed by atoms with E-state index in [0.717, 1.165) is 41.1 Å². The van der Waals surface area contributed by atoms with Gasteiger partial charge in [-0.1, -0.05) is 12.1 Å². The van der Waals surface area contributed by atoms with E-state index in [9.17, 15) is 35.9 Å². The lowest BCUT2D eigenvalue weighted by Crippen LogP contribution is -2.27. The molecular formula is C39H34F6N6O6. The van der Waals surface area contributed by atoms with E-state index < -0.39 is 60.8 Å². The fraction of sp³-hybridized carbons (Fsp3) is 0.282. The number of hydrogen-bond acceptors (Lipinski definition) is 8. The number of cyclic esters (lactones) is 2. The molecular weight excluding hydrogens is 762 g/mol. The summed E-state index contributed by atoms with van der Waals surface area (Å²) >= 11 is 0. The van der Waals surface area contributed by atoms with Gasteiger partial charge in [0.2, 0.25) is 5.92 Å². The number of fused-ring (bicyclic) bond motifs is 2. The number of rotatable bonds is 11. The van der Waals surface area contributed by atoms with Gasteiger partial charge in [-0.3, -0.25) is 9.80 Å². The first-order valence-electron chi connectivity index (χ1n) is 17.5. The first kappa shape index (κ1) is 38.8. The van der Waals surface area contributed by atoms with E-state index in [1.165, 1.54) is 34.1 Å². The van der Waals surface area contributed by atoms with Crippen molar-refractivity contribution in [2.24, 2.45) is 0 Å². The second-order valence-electron chi connectivity index (χ2n) is 13.5. The zero-order valence-corrected chi connectivity index (χ0v) is 30.3. The molecule has 4 aromatic carbocycles. The minimum absolute atomic E-state index is 0.0149. The van der Waals surface area contributed by atoms with Gasteiger partial charge in [0.05, 0.1) is 58.7 Å². The third kappa shape index (κ3) is 8.84. The third-order valence-corrected chi connectivity index (χ3v) is 9.07. The predicted molar refractivity (Wildman–Crippen MR) is 195 cm³/mol. The molecule has 2 atom stereocenters. The summed E-state index contributed by atoms with van der Waals surface area (Å²) in [6.07, 6.45) is 1.47. The Kier molecular flexibility index (Phi) is 10.6. The molecule has 0 unspecified atom stereocenters. The second kappa shape index (κ2) is 15.6. The molecule has 4 heterocycles. The van der Waals surface area contributed by atoms with Crippen LogP contribution in [0.5, 0.6) is 11.5 Å². The number of alkyl halides is 4. The number of carbonyl (C=O) groups excluding carboxylic acids is 2.